The smallest absolute Gasteiger partial charge is 0.325 e. The van der Waals surface area contributed by atoms with Gasteiger partial charge in [0.2, 0.25) is 35.4 Å². The molecular weight excluding hydrogens is 816 g/mol. The van der Waals surface area contributed by atoms with Crippen LogP contribution in [0.1, 0.15) is 66.7 Å². The zero-order valence-corrected chi connectivity index (χ0v) is 34.9. The van der Waals surface area contributed by atoms with Gasteiger partial charge >= 0.3 is 5.97 Å². The highest BCUT2D eigenvalue weighted by molar-refractivity contribution is 5.93. The number of ether oxygens (including phenoxy) is 4. The summed E-state index contributed by atoms with van der Waals surface area (Å²) in [5, 5.41) is 76.3. The van der Waals surface area contributed by atoms with Crippen LogP contribution in [0.5, 0.6) is 0 Å². The molecule has 0 spiro atoms. The maximum Gasteiger partial charge on any atom is 0.325 e. The van der Waals surface area contributed by atoms with Crippen molar-refractivity contribution < 1.29 is 83.1 Å². The molecule has 25 heteroatoms. The predicted molar refractivity (Wildman–Crippen MR) is 208 cm³/mol. The number of hydrogen-bond acceptors (Lipinski definition) is 18. The predicted octanol–water partition coefficient (Wildman–Crippen LogP) is -6.77. The summed E-state index contributed by atoms with van der Waals surface area (Å²) >= 11 is 0. The lowest BCUT2D eigenvalue weighted by molar-refractivity contribution is -0.333. The van der Waals surface area contributed by atoms with E-state index in [2.05, 4.69) is 31.9 Å². The largest absolute Gasteiger partial charge is 0.480 e. The molecule has 2 saturated heterocycles. The van der Waals surface area contributed by atoms with Crippen LogP contribution in [0.3, 0.4) is 0 Å². The van der Waals surface area contributed by atoms with Crippen molar-refractivity contribution in [3.05, 3.63) is 0 Å². The first-order chi connectivity index (χ1) is 28.7. The maximum absolute atomic E-state index is 13.5. The van der Waals surface area contributed by atoms with E-state index in [1.807, 2.05) is 0 Å². The highest BCUT2D eigenvalue weighted by Gasteiger charge is 2.52. The molecular formula is C36H64N8O17. The second-order valence-corrected chi connectivity index (χ2v) is 14.8. The van der Waals surface area contributed by atoms with E-state index in [9.17, 15) is 59.1 Å². The molecule has 2 fully saturated rings. The van der Waals surface area contributed by atoms with Crippen LogP contribution in [-0.4, -0.2) is 190 Å². The average Bonchev–Trinajstić information content (AvgIpc) is 3.20. The summed E-state index contributed by atoms with van der Waals surface area (Å²) in [6.07, 6.45) is -13.1. The number of primary amides is 1. The summed E-state index contributed by atoms with van der Waals surface area (Å²) in [6, 6.07) is -7.64. The quantitative estimate of drug-likeness (QED) is 0.0379. The number of carbonyl (C=O) groups is 7. The number of nitrogens with two attached hydrogens (primary N) is 2. The van der Waals surface area contributed by atoms with E-state index in [4.69, 9.17) is 35.5 Å². The summed E-state index contributed by atoms with van der Waals surface area (Å²) in [5.74, 6) is -6.16. The van der Waals surface area contributed by atoms with E-state index in [0.29, 0.717) is 19.4 Å². The van der Waals surface area contributed by atoms with Crippen molar-refractivity contribution in [2.75, 3.05) is 26.3 Å². The molecule has 2 aliphatic rings. The highest BCUT2D eigenvalue weighted by atomic mass is 16.7. The molecule has 2 aliphatic heterocycles. The molecule has 6 amide bonds. The molecule has 61 heavy (non-hydrogen) atoms. The van der Waals surface area contributed by atoms with Gasteiger partial charge in [-0.2, -0.15) is 0 Å². The molecule has 2 unspecified atom stereocenters. The summed E-state index contributed by atoms with van der Waals surface area (Å²) in [5.41, 5.74) is 11.0. The number of carbonyl (C=O) groups excluding carboxylic acids is 6. The zero-order chi connectivity index (χ0) is 46.1. The van der Waals surface area contributed by atoms with Gasteiger partial charge in [-0.15, -0.1) is 0 Å². The van der Waals surface area contributed by atoms with Crippen molar-refractivity contribution >= 4 is 41.4 Å². The summed E-state index contributed by atoms with van der Waals surface area (Å²) < 4.78 is 23.5. The number of carboxylic acids is 1. The molecule has 350 valence electrons. The maximum atomic E-state index is 13.5. The Bertz CT molecular complexity index is 1480. The Morgan fingerprint density at radius 3 is 1.95 bits per heavy atom. The minimum absolute atomic E-state index is 0.144. The second kappa shape index (κ2) is 25.7. The van der Waals surface area contributed by atoms with Crippen molar-refractivity contribution in [2.24, 2.45) is 11.5 Å². The van der Waals surface area contributed by atoms with Crippen LogP contribution in [-0.2, 0) is 52.5 Å². The number of nitrogens with one attached hydrogen (secondary N) is 6. The number of unbranched alkanes of at least 4 members (excludes halogenated alkanes) is 1. The van der Waals surface area contributed by atoms with Gasteiger partial charge in [0.05, 0.1) is 19.3 Å². The fourth-order valence-corrected chi connectivity index (χ4v) is 6.54. The molecule has 25 nitrogen and oxygen atoms in total. The van der Waals surface area contributed by atoms with Crippen LogP contribution in [0.25, 0.3) is 0 Å². The van der Waals surface area contributed by atoms with Gasteiger partial charge in [-0.05, 0) is 59.5 Å². The number of aliphatic hydroxyl groups excluding tert-OH is 5. The third-order valence-corrected chi connectivity index (χ3v) is 9.96. The SMILES string of the molecule is CCN[C@H]1C(O)O[C@H](CO)[C@@H](O[C@@H]2O[C@H](CO)[C@@H](O)[C@H](O)[C@H]2NC(C)=O)[C@@H]1OC(C)C(=O)N[C@@H](C)C(=O)N[C@H](CCC(=O)N[C@@H](CCCCN)C(=O)N[C@@H](C)C(=O)O)C(N)=O. The van der Waals surface area contributed by atoms with Crippen LogP contribution in [0.4, 0.5) is 0 Å². The molecule has 2 heterocycles. The lowest BCUT2D eigenvalue weighted by Crippen LogP contribution is -2.69. The topological polar surface area (TPSA) is 402 Å². The van der Waals surface area contributed by atoms with Gasteiger partial charge in [-0.3, -0.25) is 33.6 Å². The van der Waals surface area contributed by atoms with Crippen molar-refractivity contribution in [3.8, 4) is 0 Å². The van der Waals surface area contributed by atoms with E-state index < -0.39 is 153 Å². The van der Waals surface area contributed by atoms with Gasteiger partial charge in [-0.1, -0.05) is 6.92 Å². The summed E-state index contributed by atoms with van der Waals surface area (Å²) in [4.78, 5) is 87.7. The Balaban J connectivity index is 2.18. The second-order valence-electron chi connectivity index (χ2n) is 14.8. The number of likely N-dealkylation sites (N-methyl/N-ethyl adjacent to an activating group) is 1. The molecule has 0 aromatic carbocycles. The van der Waals surface area contributed by atoms with Gasteiger partial charge in [0.1, 0.15) is 72.9 Å². The zero-order valence-electron chi connectivity index (χ0n) is 34.9. The molecule has 15 atom stereocenters. The highest BCUT2D eigenvalue weighted by Crippen LogP contribution is 2.31. The van der Waals surface area contributed by atoms with Crippen molar-refractivity contribution in [1.82, 2.24) is 31.9 Å². The Morgan fingerprint density at radius 2 is 1.39 bits per heavy atom. The molecule has 0 bridgehead atoms. The van der Waals surface area contributed by atoms with Crippen LogP contribution in [0.15, 0.2) is 0 Å². The fraction of sp³-hybridized carbons (Fsp3) is 0.806. The Labute approximate surface area is 352 Å². The van der Waals surface area contributed by atoms with Crippen molar-refractivity contribution in [1.29, 1.82) is 0 Å². The Morgan fingerprint density at radius 1 is 0.754 bits per heavy atom. The van der Waals surface area contributed by atoms with Crippen molar-refractivity contribution in [3.63, 3.8) is 0 Å². The number of aliphatic hydroxyl groups is 5. The number of aliphatic carboxylic acids is 1. The molecule has 2 rings (SSSR count). The van der Waals surface area contributed by atoms with E-state index in [1.165, 1.54) is 20.8 Å². The van der Waals surface area contributed by atoms with Gasteiger partial charge in [0.25, 0.3) is 0 Å². The first-order valence-electron chi connectivity index (χ1n) is 20.0. The number of amides is 6. The molecule has 0 aliphatic carbocycles. The van der Waals surface area contributed by atoms with Gasteiger partial charge in [0.15, 0.2) is 12.6 Å². The summed E-state index contributed by atoms with van der Waals surface area (Å²) in [7, 11) is 0. The monoisotopic (exact) mass is 880 g/mol. The number of hydrogen-bond donors (Lipinski definition) is 14. The minimum Gasteiger partial charge on any atom is -0.480 e. The third kappa shape index (κ3) is 15.9. The van der Waals surface area contributed by atoms with Gasteiger partial charge in [-0.25, -0.2) is 0 Å². The van der Waals surface area contributed by atoms with Gasteiger partial charge in [0, 0.05) is 13.3 Å². The normalized spacial score (nSPS) is 28.8. The van der Waals surface area contributed by atoms with E-state index >= 15 is 0 Å². The fourth-order valence-electron chi connectivity index (χ4n) is 6.54. The Kier molecular flexibility index (Phi) is 22.3. The van der Waals surface area contributed by atoms with Crippen LogP contribution in [0.2, 0.25) is 0 Å². The molecule has 16 N–H and O–H groups in total. The first-order valence-corrected chi connectivity index (χ1v) is 20.0. The molecule has 0 saturated carbocycles. The molecule has 0 aromatic rings. The molecule has 0 radical (unpaired) electrons. The first kappa shape index (κ1) is 53.0. The number of carboxylic acid groups (broad SMARTS) is 1. The van der Waals surface area contributed by atoms with E-state index in [1.54, 1.807) is 6.92 Å². The number of rotatable bonds is 25. The van der Waals surface area contributed by atoms with Crippen LogP contribution in [0, 0.1) is 0 Å². The lowest BCUT2D eigenvalue weighted by Gasteiger charge is -2.48. The van der Waals surface area contributed by atoms with Crippen LogP contribution >= 0.6 is 0 Å². The Hall–Kier alpha value is -4.15. The van der Waals surface area contributed by atoms with Crippen molar-refractivity contribution in [2.45, 2.75) is 158 Å². The van der Waals surface area contributed by atoms with E-state index in [-0.39, 0.29) is 19.4 Å². The average molecular weight is 881 g/mol. The standard InChI is InChI=1S/C36H64N8O17/c1-6-39-25-29(28(22(14-46)59-35(25)57)61-36-24(42-18(5)47)27(50)26(49)21(13-45)60-36)58-17(4)32(53)40-15(2)31(52)44-19(30(38)51)10-11-23(48)43-20(9-7-8-12-37)33(54)41-16(3)34(55)56/h15-17,19-22,24-29,35-36,39,45-46,49-50,57H,6-14,37H2,1-5H3,(H2,38,51)(H,40,53)(H,41,54)(H,42,47)(H,43,48)(H,44,52)(H,55,56)/t15-,16-,17?,19+,20-,21+,22+,24+,25+,26+,27+,28+,29+,35?,36-/m0/s1. The minimum atomic E-state index is -1.70. The van der Waals surface area contributed by atoms with E-state index in [0.717, 1.165) is 6.92 Å². The van der Waals surface area contributed by atoms with Gasteiger partial charge < -0.3 is 93.0 Å². The molecule has 0 aromatic heterocycles. The lowest BCUT2D eigenvalue weighted by atomic mass is 9.94. The third-order valence-electron chi connectivity index (χ3n) is 9.96. The van der Waals surface area contributed by atoms with Crippen LogP contribution < -0.4 is 43.4 Å². The summed E-state index contributed by atoms with van der Waals surface area (Å²) in [6.45, 7) is 5.66.